The van der Waals surface area contributed by atoms with Crippen LogP contribution in [0.3, 0.4) is 0 Å². The molecular weight excluding hydrogens is 255 g/mol. The van der Waals surface area contributed by atoms with Crippen LogP contribution >= 0.6 is 0 Å². The molecule has 0 saturated carbocycles. The highest BCUT2D eigenvalue weighted by Gasteiger charge is 2.19. The quantitative estimate of drug-likeness (QED) is 0.837. The van der Waals surface area contributed by atoms with Crippen LogP contribution in [0.4, 0.5) is 4.39 Å². The predicted molar refractivity (Wildman–Crippen MR) is 64.3 cm³/mol. The number of sulfonamides is 1. The van der Waals surface area contributed by atoms with Crippen molar-refractivity contribution in [1.82, 2.24) is 4.72 Å². The Hall–Kier alpha value is -1.89. The average Bonchev–Trinajstić information content (AvgIpc) is 2.36. The Bertz CT molecular complexity index is 626. The maximum Gasteiger partial charge on any atom is 0.241 e. The Morgan fingerprint density at radius 1 is 1.56 bits per heavy atom. The molecule has 0 aromatic heterocycles. The number of benzene rings is 1. The van der Waals surface area contributed by atoms with Crippen LogP contribution in [0.1, 0.15) is 18.9 Å². The van der Waals surface area contributed by atoms with E-state index in [1.807, 2.05) is 0 Å². The second kappa shape index (κ2) is 5.63. The third-order valence-corrected chi connectivity index (χ3v) is 3.74. The summed E-state index contributed by atoms with van der Waals surface area (Å²) >= 11 is 0. The van der Waals surface area contributed by atoms with Crippen molar-refractivity contribution in [2.24, 2.45) is 0 Å². The molecule has 6 heteroatoms. The number of hydrogen-bond donors (Lipinski definition) is 1. The van der Waals surface area contributed by atoms with Crippen LogP contribution in [0.5, 0.6) is 0 Å². The van der Waals surface area contributed by atoms with Crippen LogP contribution in [-0.2, 0) is 10.0 Å². The van der Waals surface area contributed by atoms with Crippen molar-refractivity contribution in [3.8, 4) is 18.4 Å². The van der Waals surface area contributed by atoms with E-state index < -0.39 is 21.9 Å². The van der Waals surface area contributed by atoms with E-state index >= 15 is 0 Å². The van der Waals surface area contributed by atoms with Crippen molar-refractivity contribution in [1.29, 1.82) is 5.26 Å². The first-order valence-corrected chi connectivity index (χ1v) is 6.61. The lowest BCUT2D eigenvalue weighted by Gasteiger charge is -2.11. The SMILES string of the molecule is C#CC(CC)NS(=O)(=O)c1ccc(F)c(C#N)c1. The van der Waals surface area contributed by atoms with Crippen LogP contribution in [0.2, 0.25) is 0 Å². The van der Waals surface area contributed by atoms with Crippen LogP contribution in [-0.4, -0.2) is 14.5 Å². The van der Waals surface area contributed by atoms with E-state index in [2.05, 4.69) is 10.6 Å². The molecule has 0 fully saturated rings. The van der Waals surface area contributed by atoms with Gasteiger partial charge in [0.05, 0.1) is 16.5 Å². The van der Waals surface area contributed by atoms with Crippen LogP contribution in [0.25, 0.3) is 0 Å². The number of nitriles is 1. The molecule has 4 nitrogen and oxygen atoms in total. The maximum absolute atomic E-state index is 13.1. The van der Waals surface area contributed by atoms with Gasteiger partial charge in [-0.25, -0.2) is 12.8 Å². The number of hydrogen-bond acceptors (Lipinski definition) is 3. The highest BCUT2D eigenvalue weighted by Crippen LogP contribution is 2.14. The first-order chi connectivity index (χ1) is 8.44. The standard InChI is InChI=1S/C12H11FN2O2S/c1-3-10(4-2)15-18(16,17)11-5-6-12(13)9(7-11)8-14/h1,5-7,10,15H,4H2,2H3. The Morgan fingerprint density at radius 3 is 2.72 bits per heavy atom. The fourth-order valence-electron chi connectivity index (χ4n) is 1.25. The summed E-state index contributed by atoms with van der Waals surface area (Å²) in [5, 5.41) is 8.65. The molecule has 0 amide bonds. The Labute approximate surface area is 105 Å². The molecule has 1 N–H and O–H groups in total. The molecule has 0 aliphatic carbocycles. The zero-order valence-electron chi connectivity index (χ0n) is 9.64. The van der Waals surface area contributed by atoms with E-state index in [1.54, 1.807) is 13.0 Å². The van der Waals surface area contributed by atoms with Crippen molar-refractivity contribution in [2.45, 2.75) is 24.3 Å². The molecule has 1 rings (SSSR count). The lowest BCUT2D eigenvalue weighted by atomic mass is 10.2. The van der Waals surface area contributed by atoms with Gasteiger partial charge in [0.2, 0.25) is 10.0 Å². The molecule has 1 aromatic rings. The van der Waals surface area contributed by atoms with Crippen molar-refractivity contribution in [3.05, 3.63) is 29.6 Å². The van der Waals surface area contributed by atoms with Gasteiger partial charge in [-0.15, -0.1) is 6.42 Å². The molecule has 0 spiro atoms. The van der Waals surface area contributed by atoms with Gasteiger partial charge >= 0.3 is 0 Å². The molecule has 0 heterocycles. The fourth-order valence-corrected chi connectivity index (χ4v) is 2.51. The Morgan fingerprint density at radius 2 is 2.22 bits per heavy atom. The van der Waals surface area contributed by atoms with Gasteiger partial charge < -0.3 is 0 Å². The topological polar surface area (TPSA) is 70.0 Å². The zero-order valence-corrected chi connectivity index (χ0v) is 10.5. The van der Waals surface area contributed by atoms with E-state index in [4.69, 9.17) is 11.7 Å². The van der Waals surface area contributed by atoms with E-state index in [0.29, 0.717) is 6.42 Å². The second-order valence-corrected chi connectivity index (χ2v) is 5.22. The van der Waals surface area contributed by atoms with Gasteiger partial charge in [-0.1, -0.05) is 12.8 Å². The summed E-state index contributed by atoms with van der Waals surface area (Å²) in [5.41, 5.74) is -0.327. The van der Waals surface area contributed by atoms with Crippen molar-refractivity contribution < 1.29 is 12.8 Å². The summed E-state index contributed by atoms with van der Waals surface area (Å²) in [6.45, 7) is 1.73. The number of rotatable bonds is 4. The lowest BCUT2D eigenvalue weighted by Crippen LogP contribution is -2.33. The number of halogens is 1. The molecule has 0 aliphatic heterocycles. The van der Waals surface area contributed by atoms with E-state index in [1.165, 1.54) is 0 Å². The Balaban J connectivity index is 3.15. The maximum atomic E-state index is 13.1. The highest BCUT2D eigenvalue weighted by molar-refractivity contribution is 7.89. The van der Waals surface area contributed by atoms with Crippen LogP contribution in [0.15, 0.2) is 23.1 Å². The third kappa shape index (κ3) is 3.07. The van der Waals surface area contributed by atoms with Crippen LogP contribution < -0.4 is 4.72 Å². The predicted octanol–water partition coefficient (Wildman–Crippen LogP) is 1.39. The van der Waals surface area contributed by atoms with E-state index in [9.17, 15) is 12.8 Å². The van der Waals surface area contributed by atoms with Gasteiger partial charge in [-0.2, -0.15) is 9.98 Å². The third-order valence-electron chi connectivity index (χ3n) is 2.28. The zero-order chi connectivity index (χ0) is 13.8. The van der Waals surface area contributed by atoms with Gasteiger partial charge in [0.15, 0.2) is 0 Å². The molecule has 0 bridgehead atoms. The first kappa shape index (κ1) is 14.2. The van der Waals surface area contributed by atoms with Crippen molar-refractivity contribution in [3.63, 3.8) is 0 Å². The van der Waals surface area contributed by atoms with Gasteiger partial charge in [0.1, 0.15) is 11.9 Å². The molecule has 1 unspecified atom stereocenters. The summed E-state index contributed by atoms with van der Waals surface area (Å²) in [6, 6.07) is 3.94. The van der Waals surface area contributed by atoms with Crippen molar-refractivity contribution in [2.75, 3.05) is 0 Å². The summed E-state index contributed by atoms with van der Waals surface area (Å²) in [4.78, 5) is -0.186. The average molecular weight is 266 g/mol. The van der Waals surface area contributed by atoms with E-state index in [-0.39, 0.29) is 10.5 Å². The molecular formula is C12H11FN2O2S. The van der Waals surface area contributed by atoms with Gasteiger partial charge in [-0.05, 0) is 24.6 Å². The normalized spacial score (nSPS) is 12.4. The molecule has 1 atom stereocenters. The van der Waals surface area contributed by atoms with Crippen molar-refractivity contribution >= 4 is 10.0 Å². The second-order valence-electron chi connectivity index (χ2n) is 3.50. The summed E-state index contributed by atoms with van der Waals surface area (Å²) < 4.78 is 39.2. The summed E-state index contributed by atoms with van der Waals surface area (Å²) in [5.74, 6) is 1.52. The number of nitrogens with one attached hydrogen (secondary N) is 1. The molecule has 94 valence electrons. The van der Waals surface area contributed by atoms with Gasteiger partial charge in [-0.3, -0.25) is 0 Å². The Kier molecular flexibility index (Phi) is 4.43. The minimum absolute atomic E-state index is 0.186. The largest absolute Gasteiger partial charge is 0.241 e. The molecule has 0 aliphatic rings. The molecule has 0 saturated heterocycles. The monoisotopic (exact) mass is 266 g/mol. The first-order valence-electron chi connectivity index (χ1n) is 5.12. The molecule has 1 aromatic carbocycles. The smallest absolute Gasteiger partial charge is 0.207 e. The minimum Gasteiger partial charge on any atom is -0.207 e. The number of nitrogens with zero attached hydrogens (tertiary/aromatic N) is 1. The highest BCUT2D eigenvalue weighted by atomic mass is 32.2. The van der Waals surface area contributed by atoms with Crippen LogP contribution in [0, 0.1) is 29.5 Å². The minimum atomic E-state index is -3.84. The molecule has 0 radical (unpaired) electrons. The van der Waals surface area contributed by atoms with Gasteiger partial charge in [0.25, 0.3) is 0 Å². The molecule has 18 heavy (non-hydrogen) atoms. The lowest BCUT2D eigenvalue weighted by molar-refractivity contribution is 0.569. The number of terminal acetylenes is 1. The van der Waals surface area contributed by atoms with E-state index in [0.717, 1.165) is 18.2 Å². The summed E-state index contributed by atoms with van der Waals surface area (Å²) in [6.07, 6.45) is 5.59. The summed E-state index contributed by atoms with van der Waals surface area (Å²) in [7, 11) is -3.84. The van der Waals surface area contributed by atoms with Gasteiger partial charge in [0, 0.05) is 0 Å². The fraction of sp³-hybridized carbons (Fsp3) is 0.250.